The summed E-state index contributed by atoms with van der Waals surface area (Å²) in [5.74, 6) is 0.310. The van der Waals surface area contributed by atoms with Crippen LogP contribution in [0.1, 0.15) is 32.3 Å². The molecule has 1 aromatic carbocycles. The highest BCUT2D eigenvalue weighted by Gasteiger charge is 2.26. The van der Waals surface area contributed by atoms with Crippen molar-refractivity contribution in [2.45, 2.75) is 38.0 Å². The summed E-state index contributed by atoms with van der Waals surface area (Å²) in [6.45, 7) is 4.68. The van der Waals surface area contributed by atoms with E-state index in [1.807, 2.05) is 13.0 Å². The number of hydrogen-bond acceptors (Lipinski definition) is 3. The number of nitrogens with zero attached hydrogens (tertiary/aromatic N) is 1. The van der Waals surface area contributed by atoms with Crippen molar-refractivity contribution in [3.8, 4) is 0 Å². The van der Waals surface area contributed by atoms with Gasteiger partial charge in [-0.15, -0.1) is 0 Å². The predicted octanol–water partition coefficient (Wildman–Crippen LogP) is 2.11. The zero-order valence-corrected chi connectivity index (χ0v) is 12.0. The smallest absolute Gasteiger partial charge is 0.266 e. The average molecular weight is 281 g/mol. The molecule has 2 N–H and O–H groups in total. The zero-order valence-electron chi connectivity index (χ0n) is 11.2. The Balaban J connectivity index is 2.33. The molecule has 0 amide bonds. The van der Waals surface area contributed by atoms with Crippen LogP contribution in [0.4, 0.5) is 5.69 Å². The van der Waals surface area contributed by atoms with Crippen molar-refractivity contribution in [1.29, 1.82) is 0 Å². The second-order valence-electron chi connectivity index (χ2n) is 4.50. The number of unbranched alkanes of at least 4 members (excludes halogenated alkanes) is 1. The van der Waals surface area contributed by atoms with Crippen LogP contribution in [0.3, 0.4) is 0 Å². The first-order valence-electron chi connectivity index (χ1n) is 6.54. The molecule has 0 aliphatic carbocycles. The molecular weight excluding hydrogens is 262 g/mol. The quantitative estimate of drug-likeness (QED) is 0.830. The van der Waals surface area contributed by atoms with Gasteiger partial charge in [-0.05, 0) is 30.5 Å². The van der Waals surface area contributed by atoms with Crippen LogP contribution in [0.15, 0.2) is 28.1 Å². The Kier molecular flexibility index (Phi) is 4.09. The Bertz CT molecular complexity index is 594. The van der Waals surface area contributed by atoms with Crippen molar-refractivity contribution in [2.75, 3.05) is 11.9 Å². The van der Waals surface area contributed by atoms with Gasteiger partial charge in [-0.1, -0.05) is 26.3 Å². The first-order chi connectivity index (χ1) is 9.06. The SMILES string of the molecule is CCCCN=C1Nc2ccc(CC)cc2S(=O)(=O)N1. The van der Waals surface area contributed by atoms with Crippen LogP contribution in [0.25, 0.3) is 0 Å². The molecule has 6 heteroatoms. The number of aryl methyl sites for hydroxylation is 1. The van der Waals surface area contributed by atoms with Crippen LogP contribution in [0.5, 0.6) is 0 Å². The molecule has 0 fully saturated rings. The van der Waals surface area contributed by atoms with Crippen molar-refractivity contribution in [3.05, 3.63) is 23.8 Å². The van der Waals surface area contributed by atoms with Gasteiger partial charge in [-0.25, -0.2) is 13.1 Å². The Morgan fingerprint density at radius 2 is 2.05 bits per heavy atom. The van der Waals surface area contributed by atoms with Gasteiger partial charge in [0.1, 0.15) is 4.90 Å². The Hall–Kier alpha value is -1.56. The Labute approximate surface area is 114 Å². The number of aliphatic imine (C=N–C) groups is 1. The lowest BCUT2D eigenvalue weighted by atomic mass is 10.1. The van der Waals surface area contributed by atoms with Gasteiger partial charge in [-0.2, -0.15) is 0 Å². The molecule has 1 heterocycles. The van der Waals surface area contributed by atoms with Crippen LogP contribution in [0, 0.1) is 0 Å². The fourth-order valence-electron chi connectivity index (χ4n) is 1.87. The van der Waals surface area contributed by atoms with Crippen molar-refractivity contribution in [3.63, 3.8) is 0 Å². The predicted molar refractivity (Wildman–Crippen MR) is 77.0 cm³/mol. The van der Waals surface area contributed by atoms with Gasteiger partial charge < -0.3 is 5.32 Å². The molecule has 19 heavy (non-hydrogen) atoms. The average Bonchev–Trinajstić information content (AvgIpc) is 2.38. The Morgan fingerprint density at radius 3 is 2.74 bits per heavy atom. The van der Waals surface area contributed by atoms with E-state index in [1.165, 1.54) is 0 Å². The molecule has 104 valence electrons. The molecule has 0 spiro atoms. The second-order valence-corrected chi connectivity index (χ2v) is 6.15. The number of hydrogen-bond donors (Lipinski definition) is 2. The lowest BCUT2D eigenvalue weighted by Crippen LogP contribution is -2.40. The van der Waals surface area contributed by atoms with Crippen molar-refractivity contribution < 1.29 is 8.42 Å². The fraction of sp³-hybridized carbons (Fsp3) is 0.462. The molecule has 1 aliphatic heterocycles. The number of guanidine groups is 1. The lowest BCUT2D eigenvalue weighted by molar-refractivity contribution is 0.591. The normalized spacial score (nSPS) is 18.5. The molecule has 1 aliphatic rings. The topological polar surface area (TPSA) is 70.6 Å². The third-order valence-electron chi connectivity index (χ3n) is 3.01. The fourth-order valence-corrected chi connectivity index (χ4v) is 3.06. The number of fused-ring (bicyclic) bond motifs is 1. The highest BCUT2D eigenvalue weighted by molar-refractivity contribution is 7.90. The maximum atomic E-state index is 12.2. The number of anilines is 1. The third kappa shape index (κ3) is 3.07. The summed E-state index contributed by atoms with van der Waals surface area (Å²) < 4.78 is 26.8. The third-order valence-corrected chi connectivity index (χ3v) is 4.39. The van der Waals surface area contributed by atoms with Crippen LogP contribution in [-0.4, -0.2) is 20.9 Å². The second kappa shape index (κ2) is 5.61. The van der Waals surface area contributed by atoms with Gasteiger partial charge >= 0.3 is 0 Å². The van der Waals surface area contributed by atoms with Crippen LogP contribution < -0.4 is 10.0 Å². The molecule has 5 nitrogen and oxygen atoms in total. The largest absolute Gasteiger partial charge is 0.324 e. The van der Waals surface area contributed by atoms with Crippen molar-refractivity contribution >= 4 is 21.7 Å². The van der Waals surface area contributed by atoms with E-state index in [1.54, 1.807) is 12.1 Å². The summed E-state index contributed by atoms with van der Waals surface area (Å²) in [5.41, 5.74) is 1.59. The molecule has 1 aromatic rings. The molecule has 0 aromatic heterocycles. The van der Waals surface area contributed by atoms with E-state index in [0.717, 1.165) is 24.8 Å². The van der Waals surface area contributed by atoms with E-state index in [9.17, 15) is 8.42 Å². The van der Waals surface area contributed by atoms with E-state index in [0.29, 0.717) is 23.1 Å². The van der Waals surface area contributed by atoms with Gasteiger partial charge in [-0.3, -0.25) is 4.99 Å². The van der Waals surface area contributed by atoms with Gasteiger partial charge in [0.25, 0.3) is 10.0 Å². The zero-order chi connectivity index (χ0) is 13.9. The molecule has 0 radical (unpaired) electrons. The highest BCUT2D eigenvalue weighted by Crippen LogP contribution is 2.25. The number of benzene rings is 1. The highest BCUT2D eigenvalue weighted by atomic mass is 32.2. The van der Waals surface area contributed by atoms with Gasteiger partial charge in [0.05, 0.1) is 5.69 Å². The van der Waals surface area contributed by atoms with E-state index in [2.05, 4.69) is 22.0 Å². The first kappa shape index (κ1) is 13.9. The molecule has 0 saturated heterocycles. The first-order valence-corrected chi connectivity index (χ1v) is 8.02. The van der Waals surface area contributed by atoms with E-state index < -0.39 is 10.0 Å². The van der Waals surface area contributed by atoms with Crippen molar-refractivity contribution in [2.24, 2.45) is 4.99 Å². The number of nitrogens with one attached hydrogen (secondary N) is 2. The summed E-state index contributed by atoms with van der Waals surface area (Å²) in [6, 6.07) is 5.42. The summed E-state index contributed by atoms with van der Waals surface area (Å²) >= 11 is 0. The van der Waals surface area contributed by atoms with Gasteiger partial charge in [0.2, 0.25) is 5.96 Å². The van der Waals surface area contributed by atoms with Crippen LogP contribution in [-0.2, 0) is 16.4 Å². The van der Waals surface area contributed by atoms with Crippen LogP contribution in [0.2, 0.25) is 0 Å². The van der Waals surface area contributed by atoms with Gasteiger partial charge in [0, 0.05) is 6.54 Å². The number of rotatable bonds is 4. The Morgan fingerprint density at radius 1 is 1.26 bits per heavy atom. The van der Waals surface area contributed by atoms with Crippen LogP contribution >= 0.6 is 0 Å². The lowest BCUT2D eigenvalue weighted by Gasteiger charge is -2.22. The van der Waals surface area contributed by atoms with E-state index >= 15 is 0 Å². The number of sulfonamides is 1. The summed E-state index contributed by atoms with van der Waals surface area (Å²) in [7, 11) is -3.50. The monoisotopic (exact) mass is 281 g/mol. The van der Waals surface area contributed by atoms with Gasteiger partial charge in [0.15, 0.2) is 0 Å². The minimum Gasteiger partial charge on any atom is -0.324 e. The summed E-state index contributed by atoms with van der Waals surface area (Å²) in [6.07, 6.45) is 2.77. The molecule has 0 bridgehead atoms. The van der Waals surface area contributed by atoms with E-state index in [4.69, 9.17) is 0 Å². The molecule has 2 rings (SSSR count). The molecular formula is C13H19N3O2S. The minimum absolute atomic E-state index is 0.293. The van der Waals surface area contributed by atoms with E-state index in [-0.39, 0.29) is 0 Å². The molecule has 0 atom stereocenters. The summed E-state index contributed by atoms with van der Waals surface area (Å²) in [4.78, 5) is 4.52. The minimum atomic E-state index is -3.50. The maximum absolute atomic E-state index is 12.2. The molecule has 0 saturated carbocycles. The molecule has 0 unspecified atom stereocenters. The maximum Gasteiger partial charge on any atom is 0.266 e. The summed E-state index contributed by atoms with van der Waals surface area (Å²) in [5, 5.41) is 3.02. The van der Waals surface area contributed by atoms with Crippen molar-refractivity contribution in [1.82, 2.24) is 4.72 Å². The standard InChI is InChI=1S/C13H19N3O2S/c1-3-5-8-14-13-15-11-7-6-10(4-2)9-12(11)19(17,18)16-13/h6-7,9H,3-5,8H2,1-2H3,(H2,14,15,16).